The molecule has 6 aromatic carbocycles. The zero-order valence-corrected chi connectivity index (χ0v) is 33.5. The second-order valence-electron chi connectivity index (χ2n) is 17.2. The van der Waals surface area contributed by atoms with Crippen LogP contribution in [-0.2, 0) is 18.6 Å². The van der Waals surface area contributed by atoms with Crippen LogP contribution in [0, 0.1) is 0 Å². The van der Waals surface area contributed by atoms with Gasteiger partial charge in [0.1, 0.15) is 0 Å². The van der Waals surface area contributed by atoms with E-state index in [9.17, 15) is 0 Å². The minimum absolute atomic E-state index is 0.394. The predicted molar refractivity (Wildman–Crippen MR) is 232 cm³/mol. The van der Waals surface area contributed by atoms with Crippen LogP contribution < -0.4 is 15.8 Å². The van der Waals surface area contributed by atoms with Gasteiger partial charge in [-0.15, -0.1) is 0 Å². The third kappa shape index (κ3) is 6.16. The summed E-state index contributed by atoms with van der Waals surface area (Å²) in [5.74, 6) is 0. The summed E-state index contributed by atoms with van der Waals surface area (Å²) in [5.41, 5.74) is 9.29. The molecule has 7 aromatic rings. The number of hydrogen-bond donors (Lipinski definition) is 0. The molecule has 0 radical (unpaired) electrons. The first-order chi connectivity index (χ1) is 26.7. The number of hydrogen-bond acceptors (Lipinski definition) is 5. The summed E-state index contributed by atoms with van der Waals surface area (Å²) in [6, 6.07) is 51.9. The van der Waals surface area contributed by atoms with Gasteiger partial charge >= 0.3 is 14.2 Å². The molecule has 0 saturated carbocycles. The van der Waals surface area contributed by atoms with E-state index in [1.165, 1.54) is 10.8 Å². The molecule has 0 amide bonds. The van der Waals surface area contributed by atoms with E-state index in [0.717, 1.165) is 55.8 Å². The van der Waals surface area contributed by atoms with Gasteiger partial charge in [-0.05, 0) is 138 Å². The van der Waals surface area contributed by atoms with E-state index in [0.29, 0.717) is 0 Å². The first-order valence-corrected chi connectivity index (χ1v) is 19.6. The van der Waals surface area contributed by atoms with E-state index in [1.54, 1.807) is 0 Å². The normalized spacial score (nSPS) is 18.2. The second kappa shape index (κ2) is 13.2. The fraction of sp³-hybridized carbons (Fsp3) is 0.250. The molecule has 8 heteroatoms. The predicted octanol–water partition coefficient (Wildman–Crippen LogP) is 10.5. The summed E-state index contributed by atoms with van der Waals surface area (Å²) in [7, 11) is -0.823. The number of aromatic nitrogens is 1. The molecule has 280 valence electrons. The summed E-state index contributed by atoms with van der Waals surface area (Å²) in [6.07, 6.45) is 0. The lowest BCUT2D eigenvalue weighted by molar-refractivity contribution is 0.00578. The summed E-state index contributed by atoms with van der Waals surface area (Å²) in [4.78, 5) is 2.30. The Bertz CT molecular complexity index is 2530. The summed E-state index contributed by atoms with van der Waals surface area (Å²) in [5, 5.41) is 2.43. The van der Waals surface area contributed by atoms with E-state index in [1.807, 2.05) is 0 Å². The Labute approximate surface area is 331 Å². The molecular formula is C48H48B2N2O4. The molecule has 56 heavy (non-hydrogen) atoms. The third-order valence-corrected chi connectivity index (χ3v) is 12.5. The van der Waals surface area contributed by atoms with Gasteiger partial charge in [0.05, 0.1) is 33.4 Å². The van der Waals surface area contributed by atoms with Gasteiger partial charge in [-0.2, -0.15) is 0 Å². The zero-order valence-electron chi connectivity index (χ0n) is 33.5. The molecular weight excluding hydrogens is 690 g/mol. The van der Waals surface area contributed by atoms with E-state index in [-0.39, 0.29) is 0 Å². The first-order valence-electron chi connectivity index (χ1n) is 19.6. The topological polar surface area (TPSA) is 45.1 Å². The maximum Gasteiger partial charge on any atom is 0.494 e. The van der Waals surface area contributed by atoms with Gasteiger partial charge in [-0.1, -0.05) is 84.9 Å². The Kier molecular flexibility index (Phi) is 8.64. The highest BCUT2D eigenvalue weighted by atomic mass is 16.7. The average Bonchev–Trinajstić information content (AvgIpc) is 3.72. The van der Waals surface area contributed by atoms with Crippen molar-refractivity contribution in [3.05, 3.63) is 146 Å². The number of para-hydroxylation sites is 2. The van der Waals surface area contributed by atoms with Crippen molar-refractivity contribution in [1.82, 2.24) is 4.57 Å². The first kappa shape index (κ1) is 36.5. The number of fused-ring (bicyclic) bond motifs is 3. The van der Waals surface area contributed by atoms with Crippen molar-refractivity contribution in [2.45, 2.75) is 77.8 Å². The van der Waals surface area contributed by atoms with Crippen LogP contribution in [-0.4, -0.2) is 41.2 Å². The molecule has 2 aliphatic heterocycles. The molecule has 1 aromatic heterocycles. The van der Waals surface area contributed by atoms with Gasteiger partial charge in [0.25, 0.3) is 0 Å². The highest BCUT2D eigenvalue weighted by Crippen LogP contribution is 2.41. The molecule has 9 rings (SSSR count). The quantitative estimate of drug-likeness (QED) is 0.152. The lowest BCUT2D eigenvalue weighted by Gasteiger charge is -2.32. The van der Waals surface area contributed by atoms with Crippen molar-refractivity contribution < 1.29 is 18.6 Å². The Morgan fingerprint density at radius 2 is 0.893 bits per heavy atom. The second-order valence-corrected chi connectivity index (χ2v) is 17.2. The van der Waals surface area contributed by atoms with Crippen LogP contribution in [0.1, 0.15) is 55.4 Å². The van der Waals surface area contributed by atoms with E-state index in [4.69, 9.17) is 18.6 Å². The highest BCUT2D eigenvalue weighted by Gasteiger charge is 2.52. The van der Waals surface area contributed by atoms with Gasteiger partial charge in [0.15, 0.2) is 0 Å². The van der Waals surface area contributed by atoms with Crippen molar-refractivity contribution in [2.75, 3.05) is 4.90 Å². The van der Waals surface area contributed by atoms with E-state index < -0.39 is 36.6 Å². The van der Waals surface area contributed by atoms with Crippen molar-refractivity contribution in [3.63, 3.8) is 0 Å². The molecule has 2 fully saturated rings. The van der Waals surface area contributed by atoms with Crippen LogP contribution in [0.3, 0.4) is 0 Å². The van der Waals surface area contributed by atoms with Crippen molar-refractivity contribution in [1.29, 1.82) is 0 Å². The Hall–Kier alpha value is -5.11. The standard InChI is InChI=1S/C48H48B2N2O4/c1-45(2)46(3,4)54-49(53-45)35-22-26-38(27-23-35)51(37-16-10-9-11-17-37)40-18-14-15-33(31-40)34-21-30-42-41-19-12-13-20-43(41)52(44(42)32-34)39-28-24-36(25-29-39)50-55-47(5,6)48(7,8)56-50/h9-32H,1-8H3. The van der Waals surface area contributed by atoms with Crippen molar-refractivity contribution in [2.24, 2.45) is 0 Å². The molecule has 3 heterocycles. The summed E-state index contributed by atoms with van der Waals surface area (Å²) in [6.45, 7) is 16.7. The van der Waals surface area contributed by atoms with Crippen LogP contribution in [0.15, 0.2) is 146 Å². The molecule has 0 aliphatic carbocycles. The lowest BCUT2D eigenvalue weighted by Crippen LogP contribution is -2.41. The van der Waals surface area contributed by atoms with Gasteiger partial charge in [0.2, 0.25) is 0 Å². The van der Waals surface area contributed by atoms with Crippen LogP contribution in [0.25, 0.3) is 38.6 Å². The zero-order chi connectivity index (χ0) is 39.0. The van der Waals surface area contributed by atoms with Crippen LogP contribution in [0.2, 0.25) is 0 Å². The van der Waals surface area contributed by atoms with Crippen molar-refractivity contribution >= 4 is 64.0 Å². The van der Waals surface area contributed by atoms with Crippen molar-refractivity contribution in [3.8, 4) is 16.8 Å². The molecule has 0 atom stereocenters. The highest BCUT2D eigenvalue weighted by molar-refractivity contribution is 6.62. The smallest absolute Gasteiger partial charge is 0.399 e. The van der Waals surface area contributed by atoms with E-state index in [2.05, 4.69) is 210 Å². The monoisotopic (exact) mass is 738 g/mol. The van der Waals surface area contributed by atoms with E-state index >= 15 is 0 Å². The molecule has 2 aliphatic rings. The molecule has 0 N–H and O–H groups in total. The fourth-order valence-electron chi connectivity index (χ4n) is 7.80. The molecule has 0 unspecified atom stereocenters. The largest absolute Gasteiger partial charge is 0.494 e. The lowest BCUT2D eigenvalue weighted by atomic mass is 9.79. The van der Waals surface area contributed by atoms with Gasteiger partial charge in [0, 0.05) is 33.5 Å². The molecule has 2 saturated heterocycles. The van der Waals surface area contributed by atoms with Gasteiger partial charge in [-0.25, -0.2) is 0 Å². The summed E-state index contributed by atoms with van der Waals surface area (Å²) < 4.78 is 27.8. The number of anilines is 3. The molecule has 0 bridgehead atoms. The Morgan fingerprint density at radius 3 is 1.50 bits per heavy atom. The third-order valence-electron chi connectivity index (χ3n) is 12.5. The maximum absolute atomic E-state index is 6.37. The summed E-state index contributed by atoms with van der Waals surface area (Å²) >= 11 is 0. The maximum atomic E-state index is 6.37. The minimum atomic E-state index is -0.416. The Morgan fingerprint density at radius 1 is 0.411 bits per heavy atom. The van der Waals surface area contributed by atoms with Crippen LogP contribution in [0.4, 0.5) is 17.1 Å². The van der Waals surface area contributed by atoms with Crippen LogP contribution in [0.5, 0.6) is 0 Å². The van der Waals surface area contributed by atoms with Gasteiger partial charge < -0.3 is 28.1 Å². The fourth-order valence-corrected chi connectivity index (χ4v) is 7.80. The minimum Gasteiger partial charge on any atom is -0.399 e. The average molecular weight is 739 g/mol. The number of rotatable bonds is 7. The number of nitrogens with zero attached hydrogens (tertiary/aromatic N) is 2. The Balaban J connectivity index is 1.08. The SMILES string of the molecule is CC1(C)OB(c2ccc(N(c3ccccc3)c3cccc(-c4ccc5c6ccccc6n(-c6ccc(B7OC(C)(C)C(C)(C)O7)cc6)c5c4)c3)cc2)OC1(C)C. The van der Waals surface area contributed by atoms with Crippen LogP contribution >= 0.6 is 0 Å². The number of benzene rings is 6. The van der Waals surface area contributed by atoms with Gasteiger partial charge in [-0.3, -0.25) is 0 Å². The molecule has 0 spiro atoms. The molecule has 6 nitrogen and oxygen atoms in total.